The second-order valence-corrected chi connectivity index (χ2v) is 5.63. The standard InChI is InChI=1S/C13H23NO4/c1-4-5-8-18-12(17)14-7-6-13(2,3)9-10(14)11(15)16/h10H,4-9H2,1-3H3,(H,15,16). The van der Waals surface area contributed by atoms with E-state index in [9.17, 15) is 14.7 Å². The van der Waals surface area contributed by atoms with Gasteiger partial charge in [-0.15, -0.1) is 0 Å². The highest BCUT2D eigenvalue weighted by Crippen LogP contribution is 2.34. The van der Waals surface area contributed by atoms with E-state index in [1.165, 1.54) is 4.90 Å². The Morgan fingerprint density at radius 3 is 2.67 bits per heavy atom. The van der Waals surface area contributed by atoms with Gasteiger partial charge >= 0.3 is 12.1 Å². The monoisotopic (exact) mass is 257 g/mol. The molecule has 1 N–H and O–H groups in total. The number of unbranched alkanes of at least 4 members (excludes halogenated alkanes) is 1. The topological polar surface area (TPSA) is 66.8 Å². The molecule has 1 heterocycles. The normalized spacial score (nSPS) is 22.6. The number of aliphatic carboxylic acids is 1. The molecule has 1 saturated heterocycles. The maximum absolute atomic E-state index is 11.8. The van der Waals surface area contributed by atoms with E-state index < -0.39 is 18.1 Å². The first-order valence-corrected chi connectivity index (χ1v) is 6.53. The molecule has 0 saturated carbocycles. The van der Waals surface area contributed by atoms with Crippen LogP contribution in [0.4, 0.5) is 4.79 Å². The Morgan fingerprint density at radius 2 is 2.11 bits per heavy atom. The van der Waals surface area contributed by atoms with Gasteiger partial charge in [0.25, 0.3) is 0 Å². The van der Waals surface area contributed by atoms with Crippen LogP contribution in [0.15, 0.2) is 0 Å². The molecular formula is C13H23NO4. The number of carboxylic acids is 1. The Bertz CT molecular complexity index is 314. The lowest BCUT2D eigenvalue weighted by molar-refractivity contribution is -0.145. The van der Waals surface area contributed by atoms with Crippen LogP contribution in [-0.2, 0) is 9.53 Å². The summed E-state index contributed by atoms with van der Waals surface area (Å²) in [5.74, 6) is -0.949. The molecule has 1 rings (SSSR count). The third-order valence-corrected chi connectivity index (χ3v) is 3.39. The number of hydrogen-bond donors (Lipinski definition) is 1. The minimum atomic E-state index is -0.949. The van der Waals surface area contributed by atoms with Crippen LogP contribution in [0.1, 0.15) is 46.5 Å². The number of likely N-dealkylation sites (tertiary alicyclic amines) is 1. The molecule has 0 spiro atoms. The Hall–Kier alpha value is -1.26. The first-order chi connectivity index (χ1) is 8.37. The van der Waals surface area contributed by atoms with Gasteiger partial charge in [0.2, 0.25) is 0 Å². The molecule has 1 fully saturated rings. The summed E-state index contributed by atoms with van der Waals surface area (Å²) in [6, 6.07) is -0.761. The Kier molecular flexibility index (Phi) is 4.99. The SMILES string of the molecule is CCCCOC(=O)N1CCC(C)(C)CC1C(=O)O. The third-order valence-electron chi connectivity index (χ3n) is 3.39. The Balaban J connectivity index is 2.62. The van der Waals surface area contributed by atoms with Crippen molar-refractivity contribution < 1.29 is 19.4 Å². The fourth-order valence-corrected chi connectivity index (χ4v) is 2.14. The van der Waals surface area contributed by atoms with Gasteiger partial charge in [0.05, 0.1) is 6.61 Å². The van der Waals surface area contributed by atoms with Gasteiger partial charge in [-0.05, 0) is 24.7 Å². The number of carboxylic acid groups (broad SMARTS) is 1. The quantitative estimate of drug-likeness (QED) is 0.786. The molecular weight excluding hydrogens is 234 g/mol. The number of nitrogens with zero attached hydrogens (tertiary/aromatic N) is 1. The van der Waals surface area contributed by atoms with E-state index in [1.807, 2.05) is 20.8 Å². The molecule has 0 aromatic rings. The number of rotatable bonds is 4. The van der Waals surface area contributed by atoms with Crippen molar-refractivity contribution in [1.82, 2.24) is 4.90 Å². The van der Waals surface area contributed by atoms with E-state index in [-0.39, 0.29) is 5.41 Å². The molecule has 0 bridgehead atoms. The lowest BCUT2D eigenvalue weighted by Gasteiger charge is -2.40. The summed E-state index contributed by atoms with van der Waals surface area (Å²) in [6.45, 7) is 6.89. The van der Waals surface area contributed by atoms with Gasteiger partial charge in [-0.1, -0.05) is 27.2 Å². The van der Waals surface area contributed by atoms with Gasteiger partial charge in [0.15, 0.2) is 0 Å². The summed E-state index contributed by atoms with van der Waals surface area (Å²) in [5, 5.41) is 9.21. The van der Waals surface area contributed by atoms with Crippen LogP contribution in [0.3, 0.4) is 0 Å². The largest absolute Gasteiger partial charge is 0.480 e. The smallest absolute Gasteiger partial charge is 0.410 e. The number of ether oxygens (including phenoxy) is 1. The molecule has 1 aliphatic rings. The minimum absolute atomic E-state index is 0.0384. The number of hydrogen-bond acceptors (Lipinski definition) is 3. The first-order valence-electron chi connectivity index (χ1n) is 6.53. The van der Waals surface area contributed by atoms with Gasteiger partial charge in [-0.3, -0.25) is 4.90 Å². The van der Waals surface area contributed by atoms with Crippen molar-refractivity contribution in [2.24, 2.45) is 5.41 Å². The van der Waals surface area contributed by atoms with Crippen LogP contribution >= 0.6 is 0 Å². The molecule has 5 nitrogen and oxygen atoms in total. The van der Waals surface area contributed by atoms with Crippen molar-refractivity contribution in [1.29, 1.82) is 0 Å². The average Bonchev–Trinajstić information content (AvgIpc) is 2.27. The van der Waals surface area contributed by atoms with Crippen molar-refractivity contribution in [2.45, 2.75) is 52.5 Å². The van der Waals surface area contributed by atoms with Crippen LogP contribution in [0, 0.1) is 5.41 Å². The van der Waals surface area contributed by atoms with Crippen LogP contribution in [0.2, 0.25) is 0 Å². The Labute approximate surface area is 108 Å². The second-order valence-electron chi connectivity index (χ2n) is 5.63. The number of amides is 1. The highest BCUT2D eigenvalue weighted by atomic mass is 16.6. The number of piperidine rings is 1. The lowest BCUT2D eigenvalue weighted by atomic mass is 9.79. The first kappa shape index (κ1) is 14.8. The maximum atomic E-state index is 11.8. The maximum Gasteiger partial charge on any atom is 0.410 e. The molecule has 1 unspecified atom stereocenters. The van der Waals surface area contributed by atoms with Crippen molar-refractivity contribution in [3.8, 4) is 0 Å². The molecule has 1 amide bonds. The number of carbonyl (C=O) groups is 2. The van der Waals surface area contributed by atoms with E-state index in [0.29, 0.717) is 19.6 Å². The van der Waals surface area contributed by atoms with Gasteiger partial charge in [-0.2, -0.15) is 0 Å². The summed E-state index contributed by atoms with van der Waals surface area (Å²) < 4.78 is 5.09. The van der Waals surface area contributed by atoms with E-state index in [1.54, 1.807) is 0 Å². The summed E-state index contributed by atoms with van der Waals surface area (Å²) in [5.41, 5.74) is -0.0384. The van der Waals surface area contributed by atoms with Crippen LogP contribution in [0.25, 0.3) is 0 Å². The van der Waals surface area contributed by atoms with Crippen LogP contribution in [-0.4, -0.2) is 41.3 Å². The molecule has 104 valence electrons. The molecule has 18 heavy (non-hydrogen) atoms. The van der Waals surface area contributed by atoms with Gasteiger partial charge in [0.1, 0.15) is 6.04 Å². The summed E-state index contributed by atoms with van der Waals surface area (Å²) >= 11 is 0. The van der Waals surface area contributed by atoms with Gasteiger partial charge < -0.3 is 9.84 Å². The second kappa shape index (κ2) is 6.07. The van der Waals surface area contributed by atoms with Crippen molar-refractivity contribution >= 4 is 12.1 Å². The molecule has 0 aromatic heterocycles. The third kappa shape index (κ3) is 3.89. The molecule has 5 heteroatoms. The zero-order valence-corrected chi connectivity index (χ0v) is 11.4. The fraction of sp³-hybridized carbons (Fsp3) is 0.846. The zero-order valence-electron chi connectivity index (χ0n) is 11.4. The van der Waals surface area contributed by atoms with Crippen molar-refractivity contribution in [3.05, 3.63) is 0 Å². The van der Waals surface area contributed by atoms with Crippen LogP contribution < -0.4 is 0 Å². The summed E-state index contributed by atoms with van der Waals surface area (Å²) in [4.78, 5) is 24.4. The highest BCUT2D eigenvalue weighted by Gasteiger charge is 2.40. The summed E-state index contributed by atoms with van der Waals surface area (Å²) in [7, 11) is 0. The van der Waals surface area contributed by atoms with E-state index in [2.05, 4.69) is 0 Å². The van der Waals surface area contributed by atoms with E-state index in [4.69, 9.17) is 4.74 Å². The zero-order chi connectivity index (χ0) is 13.8. The molecule has 0 radical (unpaired) electrons. The molecule has 1 aliphatic heterocycles. The number of carbonyl (C=O) groups excluding carboxylic acids is 1. The molecule has 1 atom stereocenters. The predicted molar refractivity (Wildman–Crippen MR) is 67.4 cm³/mol. The van der Waals surface area contributed by atoms with E-state index >= 15 is 0 Å². The van der Waals surface area contributed by atoms with Gasteiger partial charge in [-0.25, -0.2) is 9.59 Å². The van der Waals surface area contributed by atoms with E-state index in [0.717, 1.165) is 19.3 Å². The van der Waals surface area contributed by atoms with Crippen molar-refractivity contribution in [3.63, 3.8) is 0 Å². The predicted octanol–water partition coefficient (Wildman–Crippen LogP) is 2.50. The van der Waals surface area contributed by atoms with Crippen molar-refractivity contribution in [2.75, 3.05) is 13.2 Å². The molecule has 0 aromatic carbocycles. The lowest BCUT2D eigenvalue weighted by Crippen LogP contribution is -2.52. The Morgan fingerprint density at radius 1 is 1.44 bits per heavy atom. The summed E-state index contributed by atoms with van der Waals surface area (Å²) in [6.07, 6.45) is 2.54. The average molecular weight is 257 g/mol. The molecule has 0 aliphatic carbocycles. The minimum Gasteiger partial charge on any atom is -0.480 e. The van der Waals surface area contributed by atoms with Crippen LogP contribution in [0.5, 0.6) is 0 Å². The fourth-order valence-electron chi connectivity index (χ4n) is 2.14. The highest BCUT2D eigenvalue weighted by molar-refractivity contribution is 5.80. The van der Waals surface area contributed by atoms with Gasteiger partial charge in [0, 0.05) is 6.54 Å².